The molecule has 2 aromatic heterocycles. The highest BCUT2D eigenvalue weighted by Gasteiger charge is 2.21. The molecule has 2 aromatic rings. The van der Waals surface area contributed by atoms with Gasteiger partial charge in [0.05, 0.1) is 0 Å². The van der Waals surface area contributed by atoms with E-state index in [9.17, 15) is 0 Å². The summed E-state index contributed by atoms with van der Waals surface area (Å²) in [4.78, 5) is 8.56. The summed E-state index contributed by atoms with van der Waals surface area (Å²) in [6.07, 6.45) is 10.2. The summed E-state index contributed by atoms with van der Waals surface area (Å²) in [5.74, 6) is 1.77. The van der Waals surface area contributed by atoms with Crippen LogP contribution in [0.3, 0.4) is 0 Å². The number of hydrogen-bond donors (Lipinski definition) is 1. The quantitative estimate of drug-likeness (QED) is 0.914. The van der Waals surface area contributed by atoms with E-state index in [4.69, 9.17) is 0 Å². The predicted molar refractivity (Wildman–Crippen MR) is 74.9 cm³/mol. The Bertz CT molecular complexity index is 520. The van der Waals surface area contributed by atoms with Gasteiger partial charge in [-0.3, -0.25) is 4.98 Å². The second-order valence-corrected chi connectivity index (χ2v) is 5.23. The molecule has 0 fully saturated rings. The lowest BCUT2D eigenvalue weighted by atomic mass is 9.98. The van der Waals surface area contributed by atoms with Gasteiger partial charge in [0.15, 0.2) is 0 Å². The van der Waals surface area contributed by atoms with E-state index in [0.29, 0.717) is 12.0 Å². The third kappa shape index (κ3) is 2.68. The van der Waals surface area contributed by atoms with Crippen LogP contribution in [0.5, 0.6) is 0 Å². The Morgan fingerprint density at radius 3 is 3.05 bits per heavy atom. The van der Waals surface area contributed by atoms with Crippen molar-refractivity contribution in [3.05, 3.63) is 48.3 Å². The van der Waals surface area contributed by atoms with Gasteiger partial charge in [-0.05, 0) is 37.5 Å². The van der Waals surface area contributed by atoms with Crippen LogP contribution in [0.1, 0.15) is 43.1 Å². The maximum absolute atomic E-state index is 4.50. The lowest BCUT2D eigenvalue weighted by Gasteiger charge is -2.25. The number of aryl methyl sites for hydroxylation is 1. The van der Waals surface area contributed by atoms with Crippen molar-refractivity contribution in [3.8, 4) is 0 Å². The molecule has 0 aromatic carbocycles. The van der Waals surface area contributed by atoms with Gasteiger partial charge in [-0.15, -0.1) is 0 Å². The summed E-state index contributed by atoms with van der Waals surface area (Å²) in [7, 11) is 0. The first-order chi connectivity index (χ1) is 9.34. The summed E-state index contributed by atoms with van der Waals surface area (Å²) >= 11 is 0. The van der Waals surface area contributed by atoms with E-state index in [2.05, 4.69) is 45.1 Å². The monoisotopic (exact) mass is 256 g/mol. The van der Waals surface area contributed by atoms with E-state index in [-0.39, 0.29) is 0 Å². The Morgan fingerprint density at radius 2 is 2.21 bits per heavy atom. The van der Waals surface area contributed by atoms with E-state index in [1.165, 1.54) is 24.2 Å². The van der Waals surface area contributed by atoms with Crippen LogP contribution in [0.15, 0.2) is 36.9 Å². The first-order valence-corrected chi connectivity index (χ1v) is 6.99. The molecule has 4 nitrogen and oxygen atoms in total. The number of rotatable bonds is 4. The molecule has 0 saturated heterocycles. The highest BCUT2D eigenvalue weighted by molar-refractivity contribution is 5.14. The second kappa shape index (κ2) is 5.53. The molecule has 0 saturated carbocycles. The van der Waals surface area contributed by atoms with E-state index < -0.39 is 0 Å². The first kappa shape index (κ1) is 12.4. The lowest BCUT2D eigenvalue weighted by Crippen LogP contribution is -2.28. The fourth-order valence-corrected chi connectivity index (χ4v) is 2.79. The number of imidazole rings is 1. The van der Waals surface area contributed by atoms with Gasteiger partial charge in [0.2, 0.25) is 0 Å². The minimum atomic E-state index is 0.355. The van der Waals surface area contributed by atoms with Gasteiger partial charge >= 0.3 is 0 Å². The molecule has 1 N–H and O–H groups in total. The van der Waals surface area contributed by atoms with Crippen LogP contribution in [0.4, 0.5) is 0 Å². The van der Waals surface area contributed by atoms with E-state index in [1.807, 2.05) is 18.6 Å². The number of hydrogen-bond acceptors (Lipinski definition) is 3. The van der Waals surface area contributed by atoms with Gasteiger partial charge < -0.3 is 9.88 Å². The molecule has 0 spiro atoms. The van der Waals surface area contributed by atoms with E-state index in [0.717, 1.165) is 13.1 Å². The summed E-state index contributed by atoms with van der Waals surface area (Å²) < 4.78 is 2.28. The topological polar surface area (TPSA) is 42.7 Å². The molecule has 19 heavy (non-hydrogen) atoms. The number of aromatic nitrogens is 3. The maximum Gasteiger partial charge on any atom is 0.113 e. The Hall–Kier alpha value is -1.68. The molecule has 100 valence electrons. The highest BCUT2D eigenvalue weighted by atomic mass is 15.1. The Kier molecular flexibility index (Phi) is 3.60. The largest absolute Gasteiger partial charge is 0.335 e. The molecule has 0 bridgehead atoms. The fraction of sp³-hybridized carbons (Fsp3) is 0.467. The standard InChI is InChI=1S/C15H20N4/c1-12(13-4-6-16-7-5-13)18-11-14-3-2-9-19-10-8-17-15(14)19/h4-8,10,12,14,18H,2-3,9,11H2,1H3/t12-,14+/m1/s1. The van der Waals surface area contributed by atoms with E-state index >= 15 is 0 Å². The highest BCUT2D eigenvalue weighted by Crippen LogP contribution is 2.25. The van der Waals surface area contributed by atoms with Gasteiger partial charge in [0.1, 0.15) is 5.82 Å². The number of fused-ring (bicyclic) bond motifs is 1. The average Bonchev–Trinajstić information content (AvgIpc) is 2.94. The normalized spacial score (nSPS) is 19.9. The Balaban J connectivity index is 1.62. The van der Waals surface area contributed by atoms with Crippen molar-refractivity contribution in [2.45, 2.75) is 38.3 Å². The smallest absolute Gasteiger partial charge is 0.113 e. The molecule has 3 rings (SSSR count). The number of nitrogens with zero attached hydrogens (tertiary/aromatic N) is 3. The zero-order valence-corrected chi connectivity index (χ0v) is 11.3. The zero-order valence-electron chi connectivity index (χ0n) is 11.3. The molecule has 1 aliphatic heterocycles. The minimum absolute atomic E-state index is 0.355. The molecule has 1 aliphatic rings. The molecular formula is C15H20N4. The van der Waals surface area contributed by atoms with Crippen LogP contribution in [0.25, 0.3) is 0 Å². The summed E-state index contributed by atoms with van der Waals surface area (Å²) in [6, 6.07) is 4.49. The second-order valence-electron chi connectivity index (χ2n) is 5.23. The Morgan fingerprint density at radius 1 is 1.37 bits per heavy atom. The molecule has 2 atom stereocenters. The minimum Gasteiger partial charge on any atom is -0.335 e. The predicted octanol–water partition coefficient (Wildman–Crippen LogP) is 2.51. The van der Waals surface area contributed by atoms with Crippen molar-refractivity contribution in [3.63, 3.8) is 0 Å². The molecule has 0 aliphatic carbocycles. The maximum atomic E-state index is 4.50. The van der Waals surface area contributed by atoms with Gasteiger partial charge in [-0.1, -0.05) is 0 Å². The van der Waals surface area contributed by atoms with Crippen LogP contribution in [0, 0.1) is 0 Å². The molecule has 4 heteroatoms. The van der Waals surface area contributed by atoms with Crippen molar-refractivity contribution in [2.75, 3.05) is 6.54 Å². The average molecular weight is 256 g/mol. The number of pyridine rings is 1. The van der Waals surface area contributed by atoms with Gasteiger partial charge in [0, 0.05) is 49.8 Å². The van der Waals surface area contributed by atoms with Crippen LogP contribution >= 0.6 is 0 Å². The lowest BCUT2D eigenvalue weighted by molar-refractivity contribution is 0.408. The summed E-state index contributed by atoms with van der Waals surface area (Å²) in [5.41, 5.74) is 1.29. The third-order valence-corrected chi connectivity index (χ3v) is 3.94. The van der Waals surface area contributed by atoms with Crippen molar-refractivity contribution < 1.29 is 0 Å². The van der Waals surface area contributed by atoms with Gasteiger partial charge in [-0.25, -0.2) is 4.98 Å². The molecular weight excluding hydrogens is 236 g/mol. The number of nitrogens with one attached hydrogen (secondary N) is 1. The molecule has 0 radical (unpaired) electrons. The first-order valence-electron chi connectivity index (χ1n) is 6.99. The van der Waals surface area contributed by atoms with Crippen LogP contribution < -0.4 is 5.32 Å². The van der Waals surface area contributed by atoms with Crippen molar-refractivity contribution in [1.29, 1.82) is 0 Å². The van der Waals surface area contributed by atoms with Crippen LogP contribution in [0.2, 0.25) is 0 Å². The van der Waals surface area contributed by atoms with Crippen molar-refractivity contribution in [2.24, 2.45) is 0 Å². The SMILES string of the molecule is C[C@@H](NC[C@@H]1CCCn2ccnc21)c1ccncc1. The van der Waals surface area contributed by atoms with Crippen molar-refractivity contribution >= 4 is 0 Å². The van der Waals surface area contributed by atoms with Crippen LogP contribution in [-0.4, -0.2) is 21.1 Å². The summed E-state index contributed by atoms with van der Waals surface area (Å²) in [6.45, 7) is 4.30. The van der Waals surface area contributed by atoms with Crippen molar-refractivity contribution in [1.82, 2.24) is 19.9 Å². The Labute approximate surface area is 113 Å². The van der Waals surface area contributed by atoms with Crippen LogP contribution in [-0.2, 0) is 6.54 Å². The molecule has 3 heterocycles. The fourth-order valence-electron chi connectivity index (χ4n) is 2.79. The molecule has 0 amide bonds. The van der Waals surface area contributed by atoms with Gasteiger partial charge in [-0.2, -0.15) is 0 Å². The molecule has 0 unspecified atom stereocenters. The van der Waals surface area contributed by atoms with E-state index in [1.54, 1.807) is 0 Å². The third-order valence-electron chi connectivity index (χ3n) is 3.94. The summed E-state index contributed by atoms with van der Waals surface area (Å²) in [5, 5.41) is 3.62. The van der Waals surface area contributed by atoms with Gasteiger partial charge in [0.25, 0.3) is 0 Å². The zero-order chi connectivity index (χ0) is 13.1.